The van der Waals surface area contributed by atoms with Crippen LogP contribution in [-0.4, -0.2) is 71.4 Å². The number of imide groups is 1. The molecule has 2 rings (SSSR count). The first-order valence-corrected chi connectivity index (χ1v) is 8.99. The van der Waals surface area contributed by atoms with Crippen molar-refractivity contribution in [3.63, 3.8) is 0 Å². The molecule has 0 aliphatic carbocycles. The standard InChI is InChI=1S/C19H24N2O6/c1-2-27-17(24)9-11-20(10-5-13-22)16(23)8-12-21-18(25)14-6-3-4-7-15(14)19(21)26/h3-4,6-7,22H,2,5,8-13H2,1H3. The van der Waals surface area contributed by atoms with Gasteiger partial charge < -0.3 is 14.7 Å². The van der Waals surface area contributed by atoms with Crippen molar-refractivity contribution in [1.29, 1.82) is 0 Å². The van der Waals surface area contributed by atoms with E-state index in [0.29, 0.717) is 17.5 Å². The van der Waals surface area contributed by atoms with E-state index in [0.717, 1.165) is 4.90 Å². The number of aliphatic hydroxyl groups excluding tert-OH is 1. The highest BCUT2D eigenvalue weighted by atomic mass is 16.5. The fraction of sp³-hybridized carbons (Fsp3) is 0.474. The Morgan fingerprint density at radius 2 is 1.70 bits per heavy atom. The molecule has 1 N–H and O–H groups in total. The molecule has 1 aliphatic rings. The van der Waals surface area contributed by atoms with Gasteiger partial charge in [-0.2, -0.15) is 0 Å². The van der Waals surface area contributed by atoms with Crippen LogP contribution < -0.4 is 0 Å². The van der Waals surface area contributed by atoms with Crippen LogP contribution in [0.2, 0.25) is 0 Å². The summed E-state index contributed by atoms with van der Waals surface area (Å²) in [4.78, 5) is 51.2. The number of nitrogens with zero attached hydrogens (tertiary/aromatic N) is 2. The topological polar surface area (TPSA) is 104 Å². The lowest BCUT2D eigenvalue weighted by molar-refractivity contribution is -0.144. The Kier molecular flexibility index (Phi) is 7.48. The highest BCUT2D eigenvalue weighted by Crippen LogP contribution is 2.22. The van der Waals surface area contributed by atoms with Gasteiger partial charge in [-0.05, 0) is 25.5 Å². The predicted octanol–water partition coefficient (Wildman–Crippen LogP) is 0.837. The number of hydrogen-bond donors (Lipinski definition) is 1. The molecule has 1 aromatic rings. The minimum absolute atomic E-state index is 0.0276. The summed E-state index contributed by atoms with van der Waals surface area (Å²) in [7, 11) is 0. The number of carbonyl (C=O) groups is 4. The number of carbonyl (C=O) groups excluding carboxylic acids is 4. The third-order valence-corrected chi connectivity index (χ3v) is 4.26. The van der Waals surface area contributed by atoms with Crippen LogP contribution in [0.15, 0.2) is 24.3 Å². The van der Waals surface area contributed by atoms with E-state index in [1.165, 1.54) is 4.90 Å². The van der Waals surface area contributed by atoms with Crippen LogP contribution in [0.4, 0.5) is 0 Å². The third kappa shape index (κ3) is 5.13. The molecule has 0 aromatic heterocycles. The summed E-state index contributed by atoms with van der Waals surface area (Å²) in [6.07, 6.45) is 0.388. The summed E-state index contributed by atoms with van der Waals surface area (Å²) in [5.41, 5.74) is 0.684. The van der Waals surface area contributed by atoms with Crippen molar-refractivity contribution in [3.05, 3.63) is 35.4 Å². The van der Waals surface area contributed by atoms with Gasteiger partial charge in [-0.15, -0.1) is 0 Å². The molecular formula is C19H24N2O6. The van der Waals surface area contributed by atoms with Crippen molar-refractivity contribution in [2.45, 2.75) is 26.2 Å². The van der Waals surface area contributed by atoms with Gasteiger partial charge in [-0.3, -0.25) is 24.1 Å². The zero-order valence-corrected chi connectivity index (χ0v) is 15.3. The van der Waals surface area contributed by atoms with Crippen molar-refractivity contribution < 1.29 is 29.0 Å². The van der Waals surface area contributed by atoms with Gasteiger partial charge in [-0.1, -0.05) is 12.1 Å². The van der Waals surface area contributed by atoms with Crippen LogP contribution in [-0.2, 0) is 14.3 Å². The Labute approximate surface area is 157 Å². The number of aliphatic hydroxyl groups is 1. The van der Waals surface area contributed by atoms with Gasteiger partial charge in [0.05, 0.1) is 24.2 Å². The highest BCUT2D eigenvalue weighted by Gasteiger charge is 2.35. The Bertz CT molecular complexity index is 683. The maximum atomic E-state index is 12.5. The van der Waals surface area contributed by atoms with Gasteiger partial charge in [-0.25, -0.2) is 0 Å². The minimum Gasteiger partial charge on any atom is -0.466 e. The lowest BCUT2D eigenvalue weighted by Crippen LogP contribution is -2.38. The lowest BCUT2D eigenvalue weighted by atomic mass is 10.1. The zero-order valence-electron chi connectivity index (χ0n) is 15.3. The first-order chi connectivity index (χ1) is 13.0. The number of amides is 3. The molecule has 27 heavy (non-hydrogen) atoms. The normalized spacial score (nSPS) is 12.9. The van der Waals surface area contributed by atoms with Gasteiger partial charge >= 0.3 is 5.97 Å². The molecule has 8 nitrogen and oxygen atoms in total. The van der Waals surface area contributed by atoms with E-state index >= 15 is 0 Å². The molecule has 0 unspecified atom stereocenters. The van der Waals surface area contributed by atoms with Crippen molar-refractivity contribution >= 4 is 23.7 Å². The molecule has 146 valence electrons. The number of hydrogen-bond acceptors (Lipinski definition) is 6. The second-order valence-corrected chi connectivity index (χ2v) is 6.07. The molecule has 0 fully saturated rings. The Morgan fingerprint density at radius 1 is 1.07 bits per heavy atom. The van der Waals surface area contributed by atoms with E-state index < -0.39 is 17.8 Å². The number of ether oxygens (including phenoxy) is 1. The smallest absolute Gasteiger partial charge is 0.307 e. The van der Waals surface area contributed by atoms with Crippen LogP contribution >= 0.6 is 0 Å². The fourth-order valence-corrected chi connectivity index (χ4v) is 2.89. The maximum Gasteiger partial charge on any atom is 0.307 e. The molecule has 0 saturated heterocycles. The monoisotopic (exact) mass is 376 g/mol. The molecule has 3 amide bonds. The third-order valence-electron chi connectivity index (χ3n) is 4.26. The minimum atomic E-state index is -0.406. The first-order valence-electron chi connectivity index (χ1n) is 8.99. The lowest BCUT2D eigenvalue weighted by Gasteiger charge is -2.23. The molecular weight excluding hydrogens is 352 g/mol. The second-order valence-electron chi connectivity index (χ2n) is 6.07. The number of rotatable bonds is 10. The molecule has 1 heterocycles. The Hall–Kier alpha value is -2.74. The molecule has 0 radical (unpaired) electrons. The Morgan fingerprint density at radius 3 is 2.26 bits per heavy atom. The quantitative estimate of drug-likeness (QED) is 0.479. The summed E-state index contributed by atoms with van der Waals surface area (Å²) in [6.45, 7) is 2.32. The first kappa shape index (κ1) is 20.6. The van der Waals surface area contributed by atoms with Gasteiger partial charge in [0.15, 0.2) is 0 Å². The molecule has 0 spiro atoms. The molecule has 1 aromatic carbocycles. The average molecular weight is 376 g/mol. The number of esters is 1. The van der Waals surface area contributed by atoms with Crippen molar-refractivity contribution in [2.75, 3.05) is 32.8 Å². The fourth-order valence-electron chi connectivity index (χ4n) is 2.89. The van der Waals surface area contributed by atoms with Crippen LogP contribution in [0, 0.1) is 0 Å². The maximum absolute atomic E-state index is 12.5. The highest BCUT2D eigenvalue weighted by molar-refractivity contribution is 6.21. The van der Waals surface area contributed by atoms with Gasteiger partial charge in [0.25, 0.3) is 11.8 Å². The largest absolute Gasteiger partial charge is 0.466 e. The van der Waals surface area contributed by atoms with Crippen LogP contribution in [0.5, 0.6) is 0 Å². The summed E-state index contributed by atoms with van der Waals surface area (Å²) < 4.78 is 4.86. The SMILES string of the molecule is CCOC(=O)CCN(CCCO)C(=O)CCN1C(=O)c2ccccc2C1=O. The van der Waals surface area contributed by atoms with E-state index in [2.05, 4.69) is 0 Å². The van der Waals surface area contributed by atoms with Gasteiger partial charge in [0, 0.05) is 32.7 Å². The zero-order chi connectivity index (χ0) is 19.8. The summed E-state index contributed by atoms with van der Waals surface area (Å²) >= 11 is 0. The second kappa shape index (κ2) is 9.82. The summed E-state index contributed by atoms with van der Waals surface area (Å²) in [6, 6.07) is 6.55. The van der Waals surface area contributed by atoms with E-state index in [1.54, 1.807) is 31.2 Å². The van der Waals surface area contributed by atoms with Crippen molar-refractivity contribution in [1.82, 2.24) is 9.80 Å². The van der Waals surface area contributed by atoms with Crippen LogP contribution in [0.1, 0.15) is 46.9 Å². The summed E-state index contributed by atoms with van der Waals surface area (Å²) in [5, 5.41) is 9.00. The van der Waals surface area contributed by atoms with E-state index in [-0.39, 0.29) is 51.6 Å². The van der Waals surface area contributed by atoms with Gasteiger partial charge in [0.2, 0.25) is 5.91 Å². The summed E-state index contributed by atoms with van der Waals surface area (Å²) in [5.74, 6) is -1.50. The van der Waals surface area contributed by atoms with Crippen LogP contribution in [0.25, 0.3) is 0 Å². The van der Waals surface area contributed by atoms with Crippen LogP contribution in [0.3, 0.4) is 0 Å². The molecule has 0 bridgehead atoms. The molecule has 0 saturated carbocycles. The van der Waals surface area contributed by atoms with E-state index in [1.807, 2.05) is 0 Å². The molecule has 0 atom stereocenters. The Balaban J connectivity index is 1.94. The average Bonchev–Trinajstić information content (AvgIpc) is 2.91. The van der Waals surface area contributed by atoms with E-state index in [4.69, 9.17) is 9.84 Å². The van der Waals surface area contributed by atoms with Gasteiger partial charge in [0.1, 0.15) is 0 Å². The molecule has 1 aliphatic heterocycles. The van der Waals surface area contributed by atoms with Crippen molar-refractivity contribution in [2.24, 2.45) is 0 Å². The predicted molar refractivity (Wildman–Crippen MR) is 96.0 cm³/mol. The number of fused-ring (bicyclic) bond motifs is 1. The number of benzene rings is 1. The van der Waals surface area contributed by atoms with Crippen molar-refractivity contribution in [3.8, 4) is 0 Å². The molecule has 8 heteroatoms. The van der Waals surface area contributed by atoms with E-state index in [9.17, 15) is 19.2 Å².